The third-order valence-corrected chi connectivity index (χ3v) is 7.32. The molecule has 37 heavy (non-hydrogen) atoms. The Morgan fingerprint density at radius 2 is 2.00 bits per heavy atom. The Morgan fingerprint density at radius 1 is 1.14 bits per heavy atom. The number of nitrogens with zero attached hydrogens (tertiary/aromatic N) is 3. The summed E-state index contributed by atoms with van der Waals surface area (Å²) in [5.74, 6) is 2.33. The summed E-state index contributed by atoms with van der Waals surface area (Å²) in [6, 6.07) is 7.51. The molecule has 10 nitrogen and oxygen atoms in total. The molecule has 6 rings (SSSR count). The Bertz CT molecular complexity index is 1340. The lowest BCUT2D eigenvalue weighted by atomic mass is 10.0. The Kier molecular flexibility index (Phi) is 6.72. The first-order valence-corrected chi connectivity index (χ1v) is 12.8. The van der Waals surface area contributed by atoms with Crippen molar-refractivity contribution in [3.63, 3.8) is 0 Å². The highest BCUT2D eigenvalue weighted by Crippen LogP contribution is 2.41. The maximum Gasteiger partial charge on any atom is 0.263 e. The normalized spacial score (nSPS) is 21.0. The standard InChI is InChI=1S/C26H28ClN5O5/c27-18-11-29-19-2-4-21-25(36-8-7-35-21)24(19)17(18)5-6-32-12-15(20(33)13-32)9-28-10-16-1-3-22-26(30-16)31-23(34)14-37-22/h1-4,11,15,20,28,33H,5-10,12-14H2,(H,30,31,34)/t15-,20+/m0/s1. The highest BCUT2D eigenvalue weighted by atomic mass is 35.5. The highest BCUT2D eigenvalue weighted by molar-refractivity contribution is 6.32. The SMILES string of the molecule is O=C1COc2ccc(CNC[C@H]3CN(CCc4c(Cl)cnc5ccc6c(c45)OCCO6)C[C@H]3O)nc2N1. The summed E-state index contributed by atoms with van der Waals surface area (Å²) in [7, 11) is 0. The summed E-state index contributed by atoms with van der Waals surface area (Å²) >= 11 is 6.59. The summed E-state index contributed by atoms with van der Waals surface area (Å²) in [6.45, 7) is 4.33. The van der Waals surface area contributed by atoms with E-state index < -0.39 is 6.10 Å². The zero-order valence-corrected chi connectivity index (χ0v) is 21.0. The van der Waals surface area contributed by atoms with Crippen LogP contribution in [0.1, 0.15) is 11.3 Å². The molecule has 2 aromatic heterocycles. The van der Waals surface area contributed by atoms with Crippen LogP contribution in [-0.2, 0) is 17.8 Å². The Labute approximate surface area is 218 Å². The molecule has 3 aliphatic rings. The number of anilines is 1. The molecular formula is C26H28ClN5O5. The van der Waals surface area contributed by atoms with Crippen LogP contribution >= 0.6 is 11.6 Å². The van der Waals surface area contributed by atoms with Crippen LogP contribution in [0.5, 0.6) is 17.2 Å². The number of hydrogen-bond acceptors (Lipinski definition) is 9. The quantitative estimate of drug-likeness (QED) is 0.425. The molecule has 1 aromatic carbocycles. The minimum absolute atomic E-state index is 0.0102. The average Bonchev–Trinajstić information content (AvgIpc) is 3.26. The van der Waals surface area contributed by atoms with Crippen LogP contribution in [0, 0.1) is 5.92 Å². The van der Waals surface area contributed by atoms with Crippen LogP contribution in [0.25, 0.3) is 10.9 Å². The smallest absolute Gasteiger partial charge is 0.263 e. The van der Waals surface area contributed by atoms with Crippen LogP contribution in [0.4, 0.5) is 5.82 Å². The van der Waals surface area contributed by atoms with Crippen molar-refractivity contribution >= 4 is 34.2 Å². The Hall–Kier alpha value is -3.18. The van der Waals surface area contributed by atoms with Gasteiger partial charge in [-0.05, 0) is 36.2 Å². The summed E-state index contributed by atoms with van der Waals surface area (Å²) in [4.78, 5) is 22.7. The number of fused-ring (bicyclic) bond motifs is 4. The molecule has 3 aromatic rings. The number of nitrogens with one attached hydrogen (secondary N) is 2. The lowest BCUT2D eigenvalue weighted by molar-refractivity contribution is -0.118. The lowest BCUT2D eigenvalue weighted by Gasteiger charge is -2.22. The van der Waals surface area contributed by atoms with Crippen LogP contribution in [-0.4, -0.2) is 78.0 Å². The van der Waals surface area contributed by atoms with Gasteiger partial charge in [0.25, 0.3) is 5.91 Å². The molecule has 3 aliphatic heterocycles. The third kappa shape index (κ3) is 5.02. The van der Waals surface area contributed by atoms with Crippen LogP contribution < -0.4 is 24.8 Å². The van der Waals surface area contributed by atoms with Crippen molar-refractivity contribution in [2.24, 2.45) is 5.92 Å². The maximum atomic E-state index is 11.5. The molecule has 11 heteroatoms. The van der Waals surface area contributed by atoms with Gasteiger partial charge in [0.05, 0.1) is 27.7 Å². The number of hydrogen-bond donors (Lipinski definition) is 3. The molecule has 0 bridgehead atoms. The second-order valence-corrected chi connectivity index (χ2v) is 9.93. The lowest BCUT2D eigenvalue weighted by Crippen LogP contribution is -2.31. The molecule has 194 valence electrons. The molecule has 0 unspecified atom stereocenters. The van der Waals surface area contributed by atoms with Crippen LogP contribution in [0.2, 0.25) is 5.02 Å². The van der Waals surface area contributed by atoms with E-state index >= 15 is 0 Å². The first-order valence-electron chi connectivity index (χ1n) is 12.4. The molecule has 0 radical (unpaired) electrons. The van der Waals surface area contributed by atoms with E-state index in [1.807, 2.05) is 24.3 Å². The number of pyridine rings is 2. The molecule has 0 aliphatic carbocycles. The number of aliphatic hydroxyl groups is 1. The number of β-amino-alcohol motifs (C(OH)–C–C–N with tert-alkyl or cyclic N) is 1. The van der Waals surface area contributed by atoms with Gasteiger partial charge < -0.3 is 34.9 Å². The molecule has 1 saturated heterocycles. The maximum absolute atomic E-state index is 11.5. The molecule has 0 spiro atoms. The summed E-state index contributed by atoms with van der Waals surface area (Å²) in [6.07, 6.45) is 1.97. The van der Waals surface area contributed by atoms with Gasteiger partial charge in [0.2, 0.25) is 0 Å². The summed E-state index contributed by atoms with van der Waals surface area (Å²) < 4.78 is 17.1. The Balaban J connectivity index is 1.06. The number of likely N-dealkylation sites (tertiary alicyclic amines) is 1. The number of rotatable bonds is 7. The molecule has 3 N–H and O–H groups in total. The van der Waals surface area contributed by atoms with Crippen molar-refractivity contribution in [1.82, 2.24) is 20.2 Å². The zero-order chi connectivity index (χ0) is 25.4. The van der Waals surface area contributed by atoms with Crippen molar-refractivity contribution in [3.8, 4) is 17.2 Å². The van der Waals surface area contributed by atoms with Crippen molar-refractivity contribution in [2.45, 2.75) is 19.1 Å². The molecule has 1 fully saturated rings. The van der Waals surface area contributed by atoms with E-state index in [1.54, 1.807) is 6.20 Å². The van der Waals surface area contributed by atoms with Gasteiger partial charge in [-0.15, -0.1) is 0 Å². The number of aliphatic hydroxyl groups excluding tert-OH is 1. The number of carbonyl (C=O) groups excluding carboxylic acids is 1. The molecule has 1 amide bonds. The first-order chi connectivity index (χ1) is 18.0. The van der Waals surface area contributed by atoms with Gasteiger partial charge in [-0.25, -0.2) is 4.98 Å². The molecule has 2 atom stereocenters. The van der Waals surface area contributed by atoms with Gasteiger partial charge in [-0.3, -0.25) is 9.78 Å². The largest absolute Gasteiger partial charge is 0.486 e. The van der Waals surface area contributed by atoms with Gasteiger partial charge in [0, 0.05) is 44.8 Å². The highest BCUT2D eigenvalue weighted by Gasteiger charge is 2.31. The minimum Gasteiger partial charge on any atom is -0.486 e. The molecule has 0 saturated carbocycles. The van der Waals surface area contributed by atoms with E-state index in [1.165, 1.54) is 0 Å². The number of amides is 1. The Morgan fingerprint density at radius 3 is 2.92 bits per heavy atom. The number of carbonyl (C=O) groups is 1. The van der Waals surface area contributed by atoms with Crippen molar-refractivity contribution in [3.05, 3.63) is 46.7 Å². The summed E-state index contributed by atoms with van der Waals surface area (Å²) in [5.41, 5.74) is 2.61. The molecular weight excluding hydrogens is 498 g/mol. The predicted octanol–water partition coefficient (Wildman–Crippen LogP) is 2.01. The van der Waals surface area contributed by atoms with Crippen LogP contribution in [0.3, 0.4) is 0 Å². The number of aromatic nitrogens is 2. The van der Waals surface area contributed by atoms with Gasteiger partial charge in [0.1, 0.15) is 13.2 Å². The zero-order valence-electron chi connectivity index (χ0n) is 20.2. The van der Waals surface area contributed by atoms with Gasteiger partial charge in [-0.1, -0.05) is 11.6 Å². The second-order valence-electron chi connectivity index (χ2n) is 9.52. The molecule has 5 heterocycles. The monoisotopic (exact) mass is 525 g/mol. The average molecular weight is 526 g/mol. The fraction of sp³-hybridized carbons (Fsp3) is 0.423. The van der Waals surface area contributed by atoms with Crippen LogP contribution in [0.15, 0.2) is 30.5 Å². The number of halogens is 1. The van der Waals surface area contributed by atoms with E-state index in [0.717, 1.165) is 41.0 Å². The van der Waals surface area contributed by atoms with Gasteiger partial charge >= 0.3 is 0 Å². The topological polar surface area (TPSA) is 118 Å². The first kappa shape index (κ1) is 24.2. The van der Waals surface area contributed by atoms with E-state index in [-0.39, 0.29) is 18.4 Å². The fourth-order valence-corrected chi connectivity index (χ4v) is 5.39. The van der Waals surface area contributed by atoms with E-state index in [9.17, 15) is 9.90 Å². The van der Waals surface area contributed by atoms with E-state index in [2.05, 4.69) is 25.5 Å². The van der Waals surface area contributed by atoms with E-state index in [0.29, 0.717) is 61.6 Å². The predicted molar refractivity (Wildman–Crippen MR) is 137 cm³/mol. The fourth-order valence-electron chi connectivity index (χ4n) is 5.16. The second kappa shape index (κ2) is 10.3. The van der Waals surface area contributed by atoms with E-state index in [4.69, 9.17) is 25.8 Å². The minimum atomic E-state index is -0.425. The van der Waals surface area contributed by atoms with Gasteiger partial charge in [0.15, 0.2) is 29.7 Å². The number of benzene rings is 1. The number of ether oxygens (including phenoxy) is 3. The van der Waals surface area contributed by atoms with Crippen molar-refractivity contribution < 1.29 is 24.1 Å². The van der Waals surface area contributed by atoms with Gasteiger partial charge in [-0.2, -0.15) is 0 Å². The third-order valence-electron chi connectivity index (χ3n) is 7.00. The van der Waals surface area contributed by atoms with Crippen molar-refractivity contribution in [2.75, 3.05) is 51.3 Å². The summed E-state index contributed by atoms with van der Waals surface area (Å²) in [5, 5.41) is 18.3. The van der Waals surface area contributed by atoms with Crippen molar-refractivity contribution in [1.29, 1.82) is 0 Å².